The Morgan fingerprint density at radius 3 is 2.31 bits per heavy atom. The first-order valence-electron chi connectivity index (χ1n) is 12.9. The van der Waals surface area contributed by atoms with Gasteiger partial charge in [-0.2, -0.15) is 0 Å². The number of carbonyl (C=O) groups excluding carboxylic acids is 1. The third-order valence-electron chi connectivity index (χ3n) is 6.63. The van der Waals surface area contributed by atoms with E-state index in [0.29, 0.717) is 57.3 Å². The lowest BCUT2D eigenvalue weighted by Gasteiger charge is -2.36. The van der Waals surface area contributed by atoms with Crippen molar-refractivity contribution in [1.82, 2.24) is 14.9 Å². The molecule has 9 nitrogen and oxygen atoms in total. The van der Waals surface area contributed by atoms with E-state index in [-0.39, 0.29) is 5.91 Å². The molecule has 1 saturated heterocycles. The van der Waals surface area contributed by atoms with Gasteiger partial charge >= 0.3 is 0 Å². The Balaban J connectivity index is 1.20. The van der Waals surface area contributed by atoms with Gasteiger partial charge in [0.05, 0.1) is 25.7 Å². The smallest absolute Gasteiger partial charge is 0.227 e. The number of rotatable bonds is 10. The molecule has 1 aliphatic rings. The molecule has 0 spiro atoms. The number of para-hydroxylation sites is 1. The molecule has 1 fully saturated rings. The lowest BCUT2D eigenvalue weighted by Crippen LogP contribution is -2.49. The summed E-state index contributed by atoms with van der Waals surface area (Å²) in [6.07, 6.45) is 1.91. The predicted octanol–water partition coefficient (Wildman–Crippen LogP) is 4.35. The molecule has 5 rings (SSSR count). The van der Waals surface area contributed by atoms with Crippen molar-refractivity contribution in [3.8, 4) is 23.0 Å². The Labute approximate surface area is 227 Å². The fourth-order valence-corrected chi connectivity index (χ4v) is 4.56. The second kappa shape index (κ2) is 12.4. The highest BCUT2D eigenvalue weighted by molar-refractivity contribution is 5.92. The van der Waals surface area contributed by atoms with Crippen LogP contribution in [0.1, 0.15) is 5.56 Å². The summed E-state index contributed by atoms with van der Waals surface area (Å²) in [7, 11) is 3.25. The molecule has 1 amide bonds. The van der Waals surface area contributed by atoms with Crippen LogP contribution in [0.5, 0.6) is 23.0 Å². The van der Waals surface area contributed by atoms with Crippen molar-refractivity contribution in [1.29, 1.82) is 0 Å². The molecule has 0 N–H and O–H groups in total. The number of hydrogen-bond donors (Lipinski definition) is 0. The van der Waals surface area contributed by atoms with Crippen LogP contribution in [0.25, 0.3) is 10.9 Å². The third kappa shape index (κ3) is 6.38. The molecule has 0 radical (unpaired) electrons. The van der Waals surface area contributed by atoms with Crippen molar-refractivity contribution in [3.05, 3.63) is 78.6 Å². The van der Waals surface area contributed by atoms with E-state index in [1.165, 1.54) is 0 Å². The van der Waals surface area contributed by atoms with E-state index in [9.17, 15) is 4.79 Å². The summed E-state index contributed by atoms with van der Waals surface area (Å²) in [6, 6.07) is 21.1. The van der Waals surface area contributed by atoms with Gasteiger partial charge in [0.1, 0.15) is 30.3 Å². The van der Waals surface area contributed by atoms with E-state index in [1.807, 2.05) is 71.6 Å². The van der Waals surface area contributed by atoms with E-state index in [0.717, 1.165) is 33.8 Å². The molecule has 202 valence electrons. The lowest BCUT2D eigenvalue weighted by atomic mass is 10.1. The van der Waals surface area contributed by atoms with Gasteiger partial charge in [0.15, 0.2) is 11.5 Å². The Hall–Kier alpha value is -4.37. The number of methoxy groups -OCH3 is 2. The summed E-state index contributed by atoms with van der Waals surface area (Å²) in [5.41, 5.74) is 1.73. The van der Waals surface area contributed by atoms with Gasteiger partial charge in [0.2, 0.25) is 5.91 Å². The number of nitrogens with zero attached hydrogens (tertiary/aromatic N) is 4. The lowest BCUT2D eigenvalue weighted by molar-refractivity contribution is -0.130. The number of piperazine rings is 1. The van der Waals surface area contributed by atoms with Gasteiger partial charge < -0.3 is 28.7 Å². The topological polar surface area (TPSA) is 86.3 Å². The van der Waals surface area contributed by atoms with E-state index in [4.69, 9.17) is 18.9 Å². The Kier molecular flexibility index (Phi) is 8.38. The van der Waals surface area contributed by atoms with Crippen LogP contribution in [0.15, 0.2) is 73.1 Å². The summed E-state index contributed by atoms with van der Waals surface area (Å²) in [5.74, 6) is 3.69. The number of carbonyl (C=O) groups is 1. The second-order valence-corrected chi connectivity index (χ2v) is 9.16. The van der Waals surface area contributed by atoms with Crippen LogP contribution in [0, 0.1) is 0 Å². The van der Waals surface area contributed by atoms with Crippen LogP contribution >= 0.6 is 0 Å². The second-order valence-electron chi connectivity index (χ2n) is 9.16. The van der Waals surface area contributed by atoms with Crippen LogP contribution in [0.3, 0.4) is 0 Å². The van der Waals surface area contributed by atoms with Gasteiger partial charge in [0.25, 0.3) is 0 Å². The van der Waals surface area contributed by atoms with E-state index in [1.54, 1.807) is 20.5 Å². The van der Waals surface area contributed by atoms with Gasteiger partial charge in [-0.25, -0.2) is 9.97 Å². The van der Waals surface area contributed by atoms with Crippen LogP contribution in [0.4, 0.5) is 5.82 Å². The number of fused-ring (bicyclic) bond motifs is 1. The van der Waals surface area contributed by atoms with Crippen molar-refractivity contribution < 1.29 is 23.7 Å². The molecule has 0 aliphatic carbocycles. The maximum absolute atomic E-state index is 13.0. The van der Waals surface area contributed by atoms with Crippen molar-refractivity contribution in [3.63, 3.8) is 0 Å². The molecule has 3 aromatic carbocycles. The van der Waals surface area contributed by atoms with Crippen molar-refractivity contribution in [2.24, 2.45) is 0 Å². The standard InChI is InChI=1S/C30H32N4O5/c1-36-16-17-38-28-20-26-25(19-27(28)37-2)30(32-21-31-26)34-14-12-33(13-15-34)29(35)18-22-8-10-24(11-9-22)39-23-6-4-3-5-7-23/h3-11,19-21H,12-18H2,1-2H3. The molecular formula is C30H32N4O5. The van der Waals surface area contributed by atoms with Gasteiger partial charge in [-0.15, -0.1) is 0 Å². The van der Waals surface area contributed by atoms with Crippen LogP contribution in [-0.2, 0) is 16.0 Å². The minimum absolute atomic E-state index is 0.110. The van der Waals surface area contributed by atoms with Crippen molar-refractivity contribution >= 4 is 22.6 Å². The van der Waals surface area contributed by atoms with E-state index >= 15 is 0 Å². The van der Waals surface area contributed by atoms with Gasteiger partial charge in [-0.05, 0) is 35.9 Å². The molecule has 4 aromatic rings. The summed E-state index contributed by atoms with van der Waals surface area (Å²) >= 11 is 0. The predicted molar refractivity (Wildman–Crippen MR) is 149 cm³/mol. The Morgan fingerprint density at radius 1 is 0.846 bits per heavy atom. The molecule has 1 aliphatic heterocycles. The number of anilines is 1. The van der Waals surface area contributed by atoms with Crippen molar-refractivity contribution in [2.75, 3.05) is 58.5 Å². The Bertz CT molecular complexity index is 1390. The molecule has 2 heterocycles. The zero-order valence-corrected chi connectivity index (χ0v) is 22.2. The number of ether oxygens (including phenoxy) is 4. The highest BCUT2D eigenvalue weighted by Gasteiger charge is 2.24. The highest BCUT2D eigenvalue weighted by Crippen LogP contribution is 2.35. The highest BCUT2D eigenvalue weighted by atomic mass is 16.5. The molecule has 0 atom stereocenters. The number of hydrogen-bond acceptors (Lipinski definition) is 8. The molecular weight excluding hydrogens is 496 g/mol. The molecule has 1 aromatic heterocycles. The molecule has 9 heteroatoms. The summed E-state index contributed by atoms with van der Waals surface area (Å²) in [5, 5.41) is 0.881. The SMILES string of the molecule is COCCOc1cc2ncnc(N3CCN(C(=O)Cc4ccc(Oc5ccccc5)cc4)CC3)c2cc1OC. The number of aromatic nitrogens is 2. The monoisotopic (exact) mass is 528 g/mol. The average molecular weight is 529 g/mol. The van der Waals surface area contributed by atoms with E-state index in [2.05, 4.69) is 14.9 Å². The van der Waals surface area contributed by atoms with Crippen LogP contribution < -0.4 is 19.1 Å². The number of amides is 1. The fourth-order valence-electron chi connectivity index (χ4n) is 4.56. The normalized spacial score (nSPS) is 13.4. The first-order valence-corrected chi connectivity index (χ1v) is 12.9. The zero-order chi connectivity index (χ0) is 27.0. The Morgan fingerprint density at radius 2 is 1.59 bits per heavy atom. The maximum atomic E-state index is 13.0. The maximum Gasteiger partial charge on any atom is 0.227 e. The third-order valence-corrected chi connectivity index (χ3v) is 6.63. The first-order chi connectivity index (χ1) is 19.1. The molecule has 0 saturated carbocycles. The average Bonchev–Trinajstić information content (AvgIpc) is 2.98. The fraction of sp³-hybridized carbons (Fsp3) is 0.300. The van der Waals surface area contributed by atoms with Gasteiger partial charge in [0, 0.05) is 44.7 Å². The van der Waals surface area contributed by atoms with E-state index < -0.39 is 0 Å². The van der Waals surface area contributed by atoms with Crippen LogP contribution in [-0.4, -0.2) is 74.4 Å². The first kappa shape index (κ1) is 26.2. The van der Waals surface area contributed by atoms with Gasteiger partial charge in [-0.3, -0.25) is 4.79 Å². The quantitative estimate of drug-likeness (QED) is 0.281. The largest absolute Gasteiger partial charge is 0.493 e. The molecule has 39 heavy (non-hydrogen) atoms. The zero-order valence-electron chi connectivity index (χ0n) is 22.2. The summed E-state index contributed by atoms with van der Waals surface area (Å²) < 4.78 is 22.3. The van der Waals surface area contributed by atoms with Crippen LogP contribution in [0.2, 0.25) is 0 Å². The summed E-state index contributed by atoms with van der Waals surface area (Å²) in [6.45, 7) is 3.49. The van der Waals surface area contributed by atoms with Gasteiger partial charge in [-0.1, -0.05) is 30.3 Å². The van der Waals surface area contributed by atoms with Crippen molar-refractivity contribution in [2.45, 2.75) is 6.42 Å². The summed E-state index contributed by atoms with van der Waals surface area (Å²) in [4.78, 5) is 26.2. The minimum atomic E-state index is 0.110. The number of benzene rings is 3. The minimum Gasteiger partial charge on any atom is -0.493 e. The molecule has 0 bridgehead atoms. The molecule has 0 unspecified atom stereocenters.